The number of benzene rings is 1. The molecule has 8 heteroatoms. The molecule has 0 aliphatic carbocycles. The number of nitrogens with zero attached hydrogens (tertiary/aromatic N) is 1. The summed E-state index contributed by atoms with van der Waals surface area (Å²) in [7, 11) is 0. The highest BCUT2D eigenvalue weighted by atomic mass is 19.4. The fraction of sp³-hybridized carbons (Fsp3) is 0.154. The van der Waals surface area contributed by atoms with Crippen LogP contribution in [0.2, 0.25) is 0 Å². The summed E-state index contributed by atoms with van der Waals surface area (Å²) in [4.78, 5) is 3.40. The van der Waals surface area contributed by atoms with Crippen LogP contribution in [-0.4, -0.2) is 10.1 Å². The Labute approximate surface area is 114 Å². The number of aromatic nitrogens is 1. The van der Waals surface area contributed by atoms with Crippen molar-refractivity contribution in [2.75, 3.05) is 0 Å². The average Bonchev–Trinajstić information content (AvgIpc) is 2.36. The number of alkyl halides is 6. The molecule has 0 aliphatic rings. The monoisotopic (exact) mass is 307 g/mol. The number of halogens is 6. The van der Waals surface area contributed by atoms with Crippen molar-refractivity contribution in [3.05, 3.63) is 47.7 Å². The van der Waals surface area contributed by atoms with Gasteiger partial charge in [0.05, 0.1) is 11.1 Å². The summed E-state index contributed by atoms with van der Waals surface area (Å²) >= 11 is 0. The van der Waals surface area contributed by atoms with Crippen LogP contribution < -0.4 is 0 Å². The lowest BCUT2D eigenvalue weighted by atomic mass is 10.1. The van der Waals surface area contributed by atoms with E-state index in [-0.39, 0.29) is 11.3 Å². The zero-order valence-electron chi connectivity index (χ0n) is 10.1. The molecule has 0 spiro atoms. The lowest BCUT2D eigenvalue weighted by molar-refractivity contribution is -0.138. The zero-order valence-corrected chi connectivity index (χ0v) is 10.1. The summed E-state index contributed by atoms with van der Waals surface area (Å²) in [6.45, 7) is 0. The molecule has 2 nitrogen and oxygen atoms in total. The summed E-state index contributed by atoms with van der Waals surface area (Å²) in [5.74, 6) is -0.843. The van der Waals surface area contributed by atoms with Gasteiger partial charge in [-0.25, -0.2) is 0 Å². The largest absolute Gasteiger partial charge is 0.506 e. The van der Waals surface area contributed by atoms with Crippen molar-refractivity contribution in [2.24, 2.45) is 0 Å². The Morgan fingerprint density at radius 1 is 0.857 bits per heavy atom. The molecular formula is C13H7F6NO. The molecule has 0 amide bonds. The predicted molar refractivity (Wildman–Crippen MR) is 61.3 cm³/mol. The van der Waals surface area contributed by atoms with Crippen LogP contribution >= 0.6 is 0 Å². The first kappa shape index (κ1) is 15.1. The average molecular weight is 307 g/mol. The summed E-state index contributed by atoms with van der Waals surface area (Å²) in [6, 6.07) is 4.23. The van der Waals surface area contributed by atoms with E-state index in [1.807, 2.05) is 0 Å². The highest BCUT2D eigenvalue weighted by Gasteiger charge is 2.33. The maximum Gasteiger partial charge on any atom is 0.418 e. The Kier molecular flexibility index (Phi) is 3.56. The van der Waals surface area contributed by atoms with Gasteiger partial charge in [-0.2, -0.15) is 26.3 Å². The molecule has 2 rings (SSSR count). The van der Waals surface area contributed by atoms with Crippen molar-refractivity contribution in [3.8, 4) is 17.0 Å². The van der Waals surface area contributed by atoms with Crippen LogP contribution in [0.15, 0.2) is 36.5 Å². The van der Waals surface area contributed by atoms with Crippen LogP contribution in [0.25, 0.3) is 11.3 Å². The first-order chi connectivity index (χ1) is 9.59. The molecule has 0 saturated carbocycles. The van der Waals surface area contributed by atoms with Gasteiger partial charge in [0.2, 0.25) is 0 Å². The van der Waals surface area contributed by atoms with E-state index in [1.54, 1.807) is 0 Å². The predicted octanol–water partition coefficient (Wildman–Crippen LogP) is 4.49. The first-order valence-electron chi connectivity index (χ1n) is 5.53. The minimum atomic E-state index is -4.70. The van der Waals surface area contributed by atoms with Gasteiger partial charge >= 0.3 is 12.4 Å². The van der Waals surface area contributed by atoms with Gasteiger partial charge in [0.25, 0.3) is 0 Å². The standard InChI is InChI=1S/C13H7F6NO/c14-12(15,16)8-3-1-2-7(4-8)11-10(21)5-9(6-20-11)13(17,18)19/h1-6,21H. The molecule has 0 aliphatic heterocycles. The van der Waals surface area contributed by atoms with Gasteiger partial charge in [0.15, 0.2) is 0 Å². The Morgan fingerprint density at radius 2 is 1.48 bits per heavy atom. The molecule has 112 valence electrons. The molecule has 0 unspecified atom stereocenters. The van der Waals surface area contributed by atoms with Gasteiger partial charge < -0.3 is 5.11 Å². The van der Waals surface area contributed by atoms with Crippen molar-refractivity contribution in [1.29, 1.82) is 0 Å². The Morgan fingerprint density at radius 3 is 2.00 bits per heavy atom. The second-order valence-electron chi connectivity index (χ2n) is 4.17. The quantitative estimate of drug-likeness (QED) is 0.787. The number of hydrogen-bond acceptors (Lipinski definition) is 2. The second-order valence-corrected chi connectivity index (χ2v) is 4.17. The molecule has 21 heavy (non-hydrogen) atoms. The summed E-state index contributed by atoms with van der Waals surface area (Å²) in [5, 5.41) is 9.56. The van der Waals surface area contributed by atoms with Crippen molar-refractivity contribution in [1.82, 2.24) is 4.98 Å². The van der Waals surface area contributed by atoms with E-state index in [0.29, 0.717) is 18.3 Å². The second kappa shape index (κ2) is 4.94. The molecule has 1 heterocycles. The normalized spacial score (nSPS) is 12.5. The van der Waals surface area contributed by atoms with Crippen molar-refractivity contribution in [3.63, 3.8) is 0 Å². The third-order valence-electron chi connectivity index (χ3n) is 2.66. The molecule has 0 radical (unpaired) electrons. The zero-order chi connectivity index (χ0) is 15.8. The van der Waals surface area contributed by atoms with Gasteiger partial charge in [-0.1, -0.05) is 12.1 Å². The molecule has 0 bridgehead atoms. The SMILES string of the molecule is Oc1cc(C(F)(F)F)cnc1-c1cccc(C(F)(F)F)c1. The number of hydrogen-bond donors (Lipinski definition) is 1. The number of rotatable bonds is 1. The van der Waals surface area contributed by atoms with Gasteiger partial charge in [-0.15, -0.1) is 0 Å². The van der Waals surface area contributed by atoms with Gasteiger partial charge in [0.1, 0.15) is 11.4 Å². The minimum absolute atomic E-state index is 0.129. The van der Waals surface area contributed by atoms with E-state index in [4.69, 9.17) is 0 Å². The summed E-state index contributed by atoms with van der Waals surface area (Å²) < 4.78 is 75.0. The van der Waals surface area contributed by atoms with Crippen LogP contribution in [0.5, 0.6) is 5.75 Å². The fourth-order valence-electron chi connectivity index (χ4n) is 1.67. The maximum absolute atomic E-state index is 12.6. The van der Waals surface area contributed by atoms with Crippen LogP contribution in [0.1, 0.15) is 11.1 Å². The first-order valence-corrected chi connectivity index (χ1v) is 5.53. The van der Waals surface area contributed by atoms with Crippen molar-refractivity contribution >= 4 is 0 Å². The minimum Gasteiger partial charge on any atom is -0.506 e. The molecule has 0 fully saturated rings. The molecule has 1 N–H and O–H groups in total. The Hall–Kier alpha value is -2.25. The molecule has 0 saturated heterocycles. The Balaban J connectivity index is 2.48. The van der Waals surface area contributed by atoms with Gasteiger partial charge in [0, 0.05) is 11.8 Å². The summed E-state index contributed by atoms with van der Waals surface area (Å²) in [6.07, 6.45) is -8.84. The van der Waals surface area contributed by atoms with Crippen LogP contribution in [0.4, 0.5) is 26.3 Å². The van der Waals surface area contributed by atoms with E-state index in [2.05, 4.69) is 4.98 Å². The summed E-state index contributed by atoms with van der Waals surface area (Å²) in [5.41, 5.74) is -2.65. The third-order valence-corrected chi connectivity index (χ3v) is 2.66. The smallest absolute Gasteiger partial charge is 0.418 e. The van der Waals surface area contributed by atoms with Crippen LogP contribution in [0.3, 0.4) is 0 Å². The van der Waals surface area contributed by atoms with Crippen LogP contribution in [0, 0.1) is 0 Å². The molecular weight excluding hydrogens is 300 g/mol. The van der Waals surface area contributed by atoms with E-state index >= 15 is 0 Å². The fourth-order valence-corrected chi connectivity index (χ4v) is 1.67. The number of aromatic hydroxyl groups is 1. The molecule has 2 aromatic rings. The molecule has 0 atom stereocenters. The van der Waals surface area contributed by atoms with Gasteiger partial charge in [-0.05, 0) is 18.2 Å². The Bertz CT molecular complexity index is 662. The van der Waals surface area contributed by atoms with E-state index < -0.39 is 29.2 Å². The lowest BCUT2D eigenvalue weighted by Crippen LogP contribution is -2.06. The molecule has 1 aromatic carbocycles. The highest BCUT2D eigenvalue weighted by Crippen LogP contribution is 2.36. The topological polar surface area (TPSA) is 33.1 Å². The van der Waals surface area contributed by atoms with Crippen LogP contribution in [-0.2, 0) is 12.4 Å². The van der Waals surface area contributed by atoms with E-state index in [0.717, 1.165) is 12.1 Å². The van der Waals surface area contributed by atoms with Crippen molar-refractivity contribution in [2.45, 2.75) is 12.4 Å². The lowest BCUT2D eigenvalue weighted by Gasteiger charge is -2.11. The van der Waals surface area contributed by atoms with Gasteiger partial charge in [-0.3, -0.25) is 4.98 Å². The van der Waals surface area contributed by atoms with Crippen molar-refractivity contribution < 1.29 is 31.4 Å². The van der Waals surface area contributed by atoms with E-state index in [1.165, 1.54) is 6.07 Å². The third kappa shape index (κ3) is 3.26. The number of pyridine rings is 1. The maximum atomic E-state index is 12.6. The van der Waals surface area contributed by atoms with E-state index in [9.17, 15) is 31.4 Å². The molecule has 1 aromatic heterocycles. The highest BCUT2D eigenvalue weighted by molar-refractivity contribution is 5.67.